The van der Waals surface area contributed by atoms with Gasteiger partial charge in [-0.15, -0.1) is 11.3 Å². The van der Waals surface area contributed by atoms with E-state index in [2.05, 4.69) is 10.3 Å². The van der Waals surface area contributed by atoms with E-state index in [0.717, 1.165) is 18.1 Å². The topological polar surface area (TPSA) is 45.2 Å². The largest absolute Gasteiger partial charge is 0.508 e. The van der Waals surface area contributed by atoms with Crippen LogP contribution in [0.4, 0.5) is 0 Å². The number of hydrogen-bond donors (Lipinski definition) is 2. The van der Waals surface area contributed by atoms with Gasteiger partial charge in [0.05, 0.1) is 5.01 Å². The molecule has 3 nitrogen and oxygen atoms in total. The first-order valence-corrected chi connectivity index (χ1v) is 5.95. The third kappa shape index (κ3) is 3.05. The summed E-state index contributed by atoms with van der Waals surface area (Å²) in [6.45, 7) is 3.65. The molecule has 0 radical (unpaired) electrons. The Balaban J connectivity index is 1.82. The number of nitrogens with zero attached hydrogens (tertiary/aromatic N) is 1. The normalized spacial score (nSPS) is 10.6. The average Bonchev–Trinajstić information content (AvgIpc) is 2.67. The van der Waals surface area contributed by atoms with Crippen molar-refractivity contribution in [3.05, 3.63) is 45.9 Å². The number of phenols is 1. The number of benzene rings is 1. The number of aryl methyl sites for hydroxylation is 1. The summed E-state index contributed by atoms with van der Waals surface area (Å²) in [5.74, 6) is 0.307. The van der Waals surface area contributed by atoms with E-state index < -0.39 is 0 Å². The van der Waals surface area contributed by atoms with E-state index in [1.165, 1.54) is 10.4 Å². The lowest BCUT2D eigenvalue weighted by atomic mass is 10.2. The lowest BCUT2D eigenvalue weighted by Crippen LogP contribution is -2.11. The summed E-state index contributed by atoms with van der Waals surface area (Å²) in [6.07, 6.45) is 1.91. The summed E-state index contributed by atoms with van der Waals surface area (Å²) in [7, 11) is 0. The number of aromatic hydroxyl groups is 1. The molecule has 16 heavy (non-hydrogen) atoms. The molecule has 0 bridgehead atoms. The van der Waals surface area contributed by atoms with E-state index in [1.807, 2.05) is 25.3 Å². The van der Waals surface area contributed by atoms with Crippen LogP contribution in [0.25, 0.3) is 0 Å². The van der Waals surface area contributed by atoms with Crippen molar-refractivity contribution in [3.63, 3.8) is 0 Å². The number of aromatic nitrogens is 1. The Morgan fingerprint density at radius 2 is 2.00 bits per heavy atom. The van der Waals surface area contributed by atoms with Gasteiger partial charge in [0.1, 0.15) is 5.75 Å². The fourth-order valence-corrected chi connectivity index (χ4v) is 2.20. The van der Waals surface area contributed by atoms with Crippen molar-refractivity contribution >= 4 is 11.3 Å². The Bertz CT molecular complexity index is 450. The van der Waals surface area contributed by atoms with E-state index in [9.17, 15) is 0 Å². The third-order valence-electron chi connectivity index (χ3n) is 2.23. The maximum Gasteiger partial charge on any atom is 0.115 e. The Kier molecular flexibility index (Phi) is 3.54. The zero-order chi connectivity index (χ0) is 11.4. The monoisotopic (exact) mass is 234 g/mol. The van der Waals surface area contributed by atoms with Gasteiger partial charge in [-0.25, -0.2) is 4.98 Å². The van der Waals surface area contributed by atoms with E-state index in [-0.39, 0.29) is 0 Å². The molecule has 0 unspecified atom stereocenters. The summed E-state index contributed by atoms with van der Waals surface area (Å²) in [5, 5.41) is 13.6. The van der Waals surface area contributed by atoms with Gasteiger partial charge in [-0.05, 0) is 24.6 Å². The molecule has 1 aromatic heterocycles. The van der Waals surface area contributed by atoms with Crippen LogP contribution in [0.2, 0.25) is 0 Å². The second-order valence-corrected chi connectivity index (χ2v) is 4.93. The van der Waals surface area contributed by atoms with Crippen molar-refractivity contribution in [2.45, 2.75) is 20.0 Å². The molecule has 1 aromatic carbocycles. The van der Waals surface area contributed by atoms with Crippen LogP contribution in [0.5, 0.6) is 5.75 Å². The SMILES string of the molecule is Cc1ncc(CNCc2ccc(O)cc2)s1. The summed E-state index contributed by atoms with van der Waals surface area (Å²) in [6, 6.07) is 7.24. The molecule has 84 valence electrons. The molecule has 2 rings (SSSR count). The number of phenolic OH excluding ortho intramolecular Hbond substituents is 1. The van der Waals surface area contributed by atoms with Gasteiger partial charge < -0.3 is 10.4 Å². The van der Waals surface area contributed by atoms with Crippen molar-refractivity contribution in [2.24, 2.45) is 0 Å². The van der Waals surface area contributed by atoms with Crippen LogP contribution in [0, 0.1) is 6.92 Å². The van der Waals surface area contributed by atoms with Crippen LogP contribution < -0.4 is 5.32 Å². The van der Waals surface area contributed by atoms with Crippen LogP contribution in [0.3, 0.4) is 0 Å². The van der Waals surface area contributed by atoms with Gasteiger partial charge in [0.15, 0.2) is 0 Å². The minimum absolute atomic E-state index is 0.307. The lowest BCUT2D eigenvalue weighted by Gasteiger charge is -2.03. The van der Waals surface area contributed by atoms with Gasteiger partial charge >= 0.3 is 0 Å². The molecule has 2 N–H and O–H groups in total. The highest BCUT2D eigenvalue weighted by Crippen LogP contribution is 2.12. The van der Waals surface area contributed by atoms with Crippen LogP contribution in [-0.4, -0.2) is 10.1 Å². The molecule has 1 heterocycles. The highest BCUT2D eigenvalue weighted by Gasteiger charge is 1.98. The second kappa shape index (κ2) is 5.09. The first kappa shape index (κ1) is 11.1. The second-order valence-electron chi connectivity index (χ2n) is 3.62. The van der Waals surface area contributed by atoms with E-state index in [1.54, 1.807) is 23.5 Å². The summed E-state index contributed by atoms with van der Waals surface area (Å²) in [5.41, 5.74) is 1.17. The molecule has 0 aliphatic carbocycles. The van der Waals surface area contributed by atoms with Gasteiger partial charge in [-0.3, -0.25) is 0 Å². The van der Waals surface area contributed by atoms with Crippen LogP contribution in [0.15, 0.2) is 30.5 Å². The van der Waals surface area contributed by atoms with Crippen molar-refractivity contribution in [3.8, 4) is 5.75 Å². The predicted octanol–water partition coefficient (Wildman–Crippen LogP) is 2.45. The number of hydrogen-bond acceptors (Lipinski definition) is 4. The van der Waals surface area contributed by atoms with Gasteiger partial charge in [0.2, 0.25) is 0 Å². The van der Waals surface area contributed by atoms with Gasteiger partial charge in [0.25, 0.3) is 0 Å². The molecule has 0 aliphatic heterocycles. The van der Waals surface area contributed by atoms with Gasteiger partial charge in [0, 0.05) is 24.2 Å². The van der Waals surface area contributed by atoms with Crippen LogP contribution in [0.1, 0.15) is 15.4 Å². The van der Waals surface area contributed by atoms with Gasteiger partial charge in [-0.2, -0.15) is 0 Å². The fourth-order valence-electron chi connectivity index (χ4n) is 1.43. The minimum atomic E-state index is 0.307. The molecule has 0 fully saturated rings. The zero-order valence-electron chi connectivity index (χ0n) is 9.10. The number of rotatable bonds is 4. The van der Waals surface area contributed by atoms with Crippen molar-refractivity contribution < 1.29 is 5.11 Å². The minimum Gasteiger partial charge on any atom is -0.508 e. The molecule has 4 heteroatoms. The summed E-state index contributed by atoms with van der Waals surface area (Å²) in [4.78, 5) is 5.45. The van der Waals surface area contributed by atoms with Crippen molar-refractivity contribution in [1.29, 1.82) is 0 Å². The quantitative estimate of drug-likeness (QED) is 0.854. The molecule has 0 amide bonds. The number of thiazole rings is 1. The highest BCUT2D eigenvalue weighted by molar-refractivity contribution is 7.11. The molecule has 0 aliphatic rings. The summed E-state index contributed by atoms with van der Waals surface area (Å²) >= 11 is 1.71. The Morgan fingerprint density at radius 3 is 2.62 bits per heavy atom. The Labute approximate surface area is 98.8 Å². The average molecular weight is 234 g/mol. The molecule has 0 atom stereocenters. The first-order valence-electron chi connectivity index (χ1n) is 5.14. The molecular formula is C12H14N2OS. The zero-order valence-corrected chi connectivity index (χ0v) is 9.92. The molecule has 0 spiro atoms. The highest BCUT2D eigenvalue weighted by atomic mass is 32.1. The smallest absolute Gasteiger partial charge is 0.115 e. The maximum atomic E-state index is 9.14. The van der Waals surface area contributed by atoms with Gasteiger partial charge in [-0.1, -0.05) is 12.1 Å². The first-order chi connectivity index (χ1) is 7.74. The fraction of sp³-hybridized carbons (Fsp3) is 0.250. The lowest BCUT2D eigenvalue weighted by molar-refractivity contribution is 0.475. The Morgan fingerprint density at radius 1 is 1.25 bits per heavy atom. The molecule has 0 saturated heterocycles. The maximum absolute atomic E-state index is 9.14. The molecule has 2 aromatic rings. The third-order valence-corrected chi connectivity index (χ3v) is 3.15. The van der Waals surface area contributed by atoms with Crippen molar-refractivity contribution in [2.75, 3.05) is 0 Å². The van der Waals surface area contributed by atoms with E-state index in [0.29, 0.717) is 5.75 Å². The van der Waals surface area contributed by atoms with E-state index in [4.69, 9.17) is 5.11 Å². The van der Waals surface area contributed by atoms with E-state index >= 15 is 0 Å². The number of nitrogens with one attached hydrogen (secondary N) is 1. The van der Waals surface area contributed by atoms with Crippen LogP contribution >= 0.6 is 11.3 Å². The van der Waals surface area contributed by atoms with Crippen molar-refractivity contribution in [1.82, 2.24) is 10.3 Å². The molecular weight excluding hydrogens is 220 g/mol. The summed E-state index contributed by atoms with van der Waals surface area (Å²) < 4.78 is 0. The van der Waals surface area contributed by atoms with Crippen LogP contribution in [-0.2, 0) is 13.1 Å². The molecule has 0 saturated carbocycles. The Hall–Kier alpha value is -1.39. The predicted molar refractivity (Wildman–Crippen MR) is 65.5 cm³/mol. The standard InChI is InChI=1S/C12H14N2OS/c1-9-14-8-12(16-9)7-13-6-10-2-4-11(15)5-3-10/h2-5,8,13,15H,6-7H2,1H3.